The van der Waals surface area contributed by atoms with Crippen molar-refractivity contribution in [3.05, 3.63) is 90.0 Å². The maximum atomic E-state index is 13.1. The van der Waals surface area contributed by atoms with Crippen LogP contribution in [0.2, 0.25) is 0 Å². The molecule has 4 aromatic rings. The smallest absolute Gasteiger partial charge is 0.320 e. The molecule has 0 spiro atoms. The molecule has 0 bridgehead atoms. The predicted molar refractivity (Wildman–Crippen MR) is 139 cm³/mol. The molecule has 2 amide bonds. The van der Waals surface area contributed by atoms with E-state index in [9.17, 15) is 9.90 Å². The van der Waals surface area contributed by atoms with Gasteiger partial charge in [0.05, 0.1) is 17.8 Å². The third-order valence-electron chi connectivity index (χ3n) is 6.95. The van der Waals surface area contributed by atoms with E-state index in [0.717, 1.165) is 35.2 Å². The van der Waals surface area contributed by atoms with Crippen LogP contribution in [0.3, 0.4) is 0 Å². The van der Waals surface area contributed by atoms with Crippen LogP contribution in [0.4, 0.5) is 10.6 Å². The lowest BCUT2D eigenvalue weighted by Gasteiger charge is -2.29. The molecule has 3 N–H and O–H groups in total. The summed E-state index contributed by atoms with van der Waals surface area (Å²) in [5.74, 6) is 1.22. The Hall–Kier alpha value is -4.04. The predicted octanol–water partition coefficient (Wildman–Crippen LogP) is 4.55. The summed E-state index contributed by atoms with van der Waals surface area (Å²) < 4.78 is 1.71. The Morgan fingerprint density at radius 1 is 1.00 bits per heavy atom. The molecule has 1 aliphatic rings. The number of aryl methyl sites for hydroxylation is 1. The minimum absolute atomic E-state index is 0.311. The van der Waals surface area contributed by atoms with Crippen molar-refractivity contribution in [2.24, 2.45) is 0 Å². The van der Waals surface area contributed by atoms with Crippen molar-refractivity contribution in [1.82, 2.24) is 25.1 Å². The number of nitrogens with zero attached hydrogens (tertiary/aromatic N) is 4. The lowest BCUT2D eigenvalue weighted by molar-refractivity contribution is 0.0987. The lowest BCUT2D eigenvalue weighted by Crippen LogP contribution is -2.48. The molecule has 0 unspecified atom stereocenters. The zero-order valence-corrected chi connectivity index (χ0v) is 20.6. The molecule has 184 valence electrons. The maximum Gasteiger partial charge on any atom is 0.320 e. The highest BCUT2D eigenvalue weighted by Crippen LogP contribution is 2.51. The number of rotatable bonds is 7. The van der Waals surface area contributed by atoms with Gasteiger partial charge in [-0.2, -0.15) is 5.10 Å². The van der Waals surface area contributed by atoms with Gasteiger partial charge >= 0.3 is 6.03 Å². The molecular formula is C28H30N6O2. The summed E-state index contributed by atoms with van der Waals surface area (Å²) in [5.41, 5.74) is 3.84. The Morgan fingerprint density at radius 2 is 1.61 bits per heavy atom. The number of hydrogen-bond donors (Lipinski definition) is 3. The quantitative estimate of drug-likeness (QED) is 0.358. The van der Waals surface area contributed by atoms with Crippen LogP contribution < -0.4 is 10.6 Å². The van der Waals surface area contributed by atoms with Gasteiger partial charge in [0.2, 0.25) is 0 Å². The van der Waals surface area contributed by atoms with Crippen LogP contribution in [0.1, 0.15) is 36.7 Å². The number of para-hydroxylation sites is 1. The van der Waals surface area contributed by atoms with Crippen LogP contribution in [-0.4, -0.2) is 43.0 Å². The lowest BCUT2D eigenvalue weighted by atomic mass is 9.86. The summed E-state index contributed by atoms with van der Waals surface area (Å²) in [6.07, 6.45) is 4.55. The van der Waals surface area contributed by atoms with Gasteiger partial charge in [-0.1, -0.05) is 48.5 Å². The number of carbonyl (C=O) groups excluding carboxylic acids is 1. The average molecular weight is 483 g/mol. The molecule has 5 rings (SSSR count). The Bertz CT molecular complexity index is 1350. The largest absolute Gasteiger partial charge is 0.390 e. The molecular weight excluding hydrogens is 452 g/mol. The summed E-state index contributed by atoms with van der Waals surface area (Å²) in [6, 6.07) is 18.8. The number of benzene rings is 2. The van der Waals surface area contributed by atoms with Gasteiger partial charge < -0.3 is 10.4 Å². The number of nitrogens with one attached hydrogen (secondary N) is 2. The maximum absolute atomic E-state index is 13.1. The van der Waals surface area contributed by atoms with E-state index < -0.39 is 18.2 Å². The first-order valence-corrected chi connectivity index (χ1v) is 12.1. The Kier molecular flexibility index (Phi) is 6.28. The number of hydrogen-bond acceptors (Lipinski definition) is 5. The van der Waals surface area contributed by atoms with Crippen molar-refractivity contribution in [2.75, 3.05) is 5.32 Å². The van der Waals surface area contributed by atoms with E-state index in [1.165, 1.54) is 0 Å². The molecule has 1 fully saturated rings. The van der Waals surface area contributed by atoms with Crippen molar-refractivity contribution in [3.8, 4) is 16.9 Å². The number of aliphatic hydroxyl groups excluding tert-OH is 1. The van der Waals surface area contributed by atoms with Crippen molar-refractivity contribution < 1.29 is 9.90 Å². The van der Waals surface area contributed by atoms with E-state index in [4.69, 9.17) is 5.10 Å². The van der Waals surface area contributed by atoms with Gasteiger partial charge in [-0.15, -0.1) is 0 Å². The van der Waals surface area contributed by atoms with Crippen molar-refractivity contribution >= 4 is 11.8 Å². The van der Waals surface area contributed by atoms with Crippen LogP contribution in [0.5, 0.6) is 0 Å². The van der Waals surface area contributed by atoms with Gasteiger partial charge in [0.15, 0.2) is 0 Å². The first-order valence-electron chi connectivity index (χ1n) is 12.1. The van der Waals surface area contributed by atoms with Crippen molar-refractivity contribution in [3.63, 3.8) is 0 Å². The third-order valence-corrected chi connectivity index (χ3v) is 6.95. The summed E-state index contributed by atoms with van der Waals surface area (Å²) in [6.45, 7) is 5.57. The SMILES string of the molecule is Cc1ncc(-c2nn(-c3ccccc3)c(NC(=O)N[C@H](C)[C@H](O)C3(c4ccccc4)CC3)c2C)cn1. The fourth-order valence-corrected chi connectivity index (χ4v) is 4.76. The molecule has 8 nitrogen and oxygen atoms in total. The van der Waals surface area contributed by atoms with Gasteiger partial charge in [-0.05, 0) is 51.3 Å². The molecule has 1 aliphatic carbocycles. The number of amides is 2. The van der Waals surface area contributed by atoms with Crippen molar-refractivity contribution in [2.45, 2.75) is 51.2 Å². The molecule has 2 atom stereocenters. The van der Waals surface area contributed by atoms with Crippen LogP contribution in [0.15, 0.2) is 73.1 Å². The third kappa shape index (κ3) is 4.47. The number of aromatic nitrogens is 4. The normalized spacial score (nSPS) is 15.7. The molecule has 0 saturated heterocycles. The number of carbonyl (C=O) groups is 1. The molecule has 1 saturated carbocycles. The summed E-state index contributed by atoms with van der Waals surface area (Å²) >= 11 is 0. The minimum atomic E-state index is -0.703. The van der Waals surface area contributed by atoms with Crippen LogP contribution in [0.25, 0.3) is 16.9 Å². The van der Waals surface area contributed by atoms with E-state index in [0.29, 0.717) is 17.3 Å². The van der Waals surface area contributed by atoms with Gasteiger partial charge in [0.25, 0.3) is 0 Å². The average Bonchev–Trinajstić information content (AvgIpc) is 3.65. The van der Waals surface area contributed by atoms with E-state index in [2.05, 4.69) is 20.6 Å². The first-order chi connectivity index (χ1) is 17.4. The zero-order valence-electron chi connectivity index (χ0n) is 20.6. The molecule has 2 aromatic carbocycles. The van der Waals surface area contributed by atoms with Gasteiger partial charge in [-0.3, -0.25) is 5.32 Å². The van der Waals surface area contributed by atoms with E-state index in [-0.39, 0.29) is 5.41 Å². The second kappa shape index (κ2) is 9.54. The zero-order chi connectivity index (χ0) is 25.3. The first kappa shape index (κ1) is 23.7. The molecule has 8 heteroatoms. The number of urea groups is 1. The van der Waals surface area contributed by atoms with Crippen LogP contribution >= 0.6 is 0 Å². The topological polar surface area (TPSA) is 105 Å². The number of aliphatic hydroxyl groups is 1. The Morgan fingerprint density at radius 3 is 2.22 bits per heavy atom. The summed E-state index contributed by atoms with van der Waals surface area (Å²) in [5, 5.41) is 21.9. The molecule has 2 heterocycles. The van der Waals surface area contributed by atoms with Crippen LogP contribution in [0, 0.1) is 13.8 Å². The monoisotopic (exact) mass is 482 g/mol. The molecule has 0 aliphatic heterocycles. The summed E-state index contributed by atoms with van der Waals surface area (Å²) in [4.78, 5) is 21.7. The Balaban J connectivity index is 1.39. The highest BCUT2D eigenvalue weighted by atomic mass is 16.3. The standard InChI is InChI=1S/C28H30N6O2/c1-18-24(21-16-29-20(3)30-17-21)33-34(23-12-8-5-9-13-23)26(18)32-27(36)31-19(2)25(35)28(14-15-28)22-10-6-4-7-11-22/h4-13,16-17,19,25,35H,14-15H2,1-3H3,(H2,31,32,36)/t19-,25+/m1/s1. The van der Waals surface area contributed by atoms with E-state index >= 15 is 0 Å². The fraction of sp³-hybridized carbons (Fsp3) is 0.286. The number of anilines is 1. The van der Waals surface area contributed by atoms with Crippen molar-refractivity contribution in [1.29, 1.82) is 0 Å². The molecule has 0 radical (unpaired) electrons. The van der Waals surface area contributed by atoms with Gasteiger partial charge in [0.1, 0.15) is 17.3 Å². The second-order valence-electron chi connectivity index (χ2n) is 9.44. The highest BCUT2D eigenvalue weighted by Gasteiger charge is 2.52. The van der Waals surface area contributed by atoms with E-state index in [1.807, 2.05) is 81.4 Å². The minimum Gasteiger partial charge on any atom is -0.390 e. The van der Waals surface area contributed by atoms with Crippen LogP contribution in [-0.2, 0) is 5.41 Å². The Labute approximate surface area is 210 Å². The van der Waals surface area contributed by atoms with Gasteiger partial charge in [0, 0.05) is 28.9 Å². The molecule has 36 heavy (non-hydrogen) atoms. The van der Waals surface area contributed by atoms with E-state index in [1.54, 1.807) is 17.1 Å². The fourth-order valence-electron chi connectivity index (χ4n) is 4.76. The molecule has 2 aromatic heterocycles. The van der Waals surface area contributed by atoms with Gasteiger partial charge in [-0.25, -0.2) is 19.4 Å². The summed E-state index contributed by atoms with van der Waals surface area (Å²) in [7, 11) is 0. The second-order valence-corrected chi connectivity index (χ2v) is 9.44. The highest BCUT2D eigenvalue weighted by molar-refractivity contribution is 5.91.